The molecule has 0 atom stereocenters. The van der Waals surface area contributed by atoms with Crippen LogP contribution in [0.25, 0.3) is 6.08 Å². The molecule has 1 N–H and O–H groups in total. The summed E-state index contributed by atoms with van der Waals surface area (Å²) in [4.78, 5) is 26.3. The Labute approximate surface area is 172 Å². The van der Waals surface area contributed by atoms with Crippen molar-refractivity contribution in [1.29, 1.82) is 0 Å². The lowest BCUT2D eigenvalue weighted by Gasteiger charge is -2.32. The second-order valence-electron chi connectivity index (χ2n) is 7.44. The summed E-state index contributed by atoms with van der Waals surface area (Å²) < 4.78 is 5.65. The van der Waals surface area contributed by atoms with Crippen LogP contribution in [0.15, 0.2) is 54.6 Å². The predicted octanol–water partition coefficient (Wildman–Crippen LogP) is 3.50. The van der Waals surface area contributed by atoms with E-state index in [4.69, 9.17) is 4.74 Å². The van der Waals surface area contributed by atoms with E-state index in [1.807, 2.05) is 67.3 Å². The van der Waals surface area contributed by atoms with Crippen LogP contribution >= 0.6 is 0 Å². The maximum atomic E-state index is 12.4. The van der Waals surface area contributed by atoms with E-state index in [0.29, 0.717) is 18.8 Å². The highest BCUT2D eigenvalue weighted by Gasteiger charge is 2.23. The minimum Gasteiger partial charge on any atom is -0.484 e. The molecule has 1 saturated heterocycles. The Balaban J connectivity index is 1.40. The van der Waals surface area contributed by atoms with Gasteiger partial charge in [-0.3, -0.25) is 9.59 Å². The molecule has 3 rings (SSSR count). The Morgan fingerprint density at radius 3 is 2.48 bits per heavy atom. The van der Waals surface area contributed by atoms with Crippen LogP contribution < -0.4 is 10.1 Å². The number of carbonyl (C=O) groups is 2. The number of benzene rings is 2. The molecular formula is C24H28N2O3. The van der Waals surface area contributed by atoms with Gasteiger partial charge in [-0.25, -0.2) is 0 Å². The molecule has 29 heavy (non-hydrogen) atoms. The van der Waals surface area contributed by atoms with Gasteiger partial charge in [0.15, 0.2) is 6.61 Å². The Morgan fingerprint density at radius 1 is 1.07 bits per heavy atom. The lowest BCUT2D eigenvalue weighted by Crippen LogP contribution is -2.47. The van der Waals surface area contributed by atoms with E-state index in [1.54, 1.807) is 12.2 Å². The molecule has 2 aromatic carbocycles. The molecule has 1 aliphatic heterocycles. The molecule has 1 heterocycles. The Morgan fingerprint density at radius 2 is 1.79 bits per heavy atom. The third-order valence-corrected chi connectivity index (χ3v) is 5.26. The molecule has 152 valence electrons. The van der Waals surface area contributed by atoms with E-state index in [-0.39, 0.29) is 24.5 Å². The van der Waals surface area contributed by atoms with Gasteiger partial charge in [0.2, 0.25) is 5.91 Å². The van der Waals surface area contributed by atoms with Crippen molar-refractivity contribution < 1.29 is 14.3 Å². The van der Waals surface area contributed by atoms with Crippen LogP contribution in [0.2, 0.25) is 0 Å². The molecule has 0 aromatic heterocycles. The van der Waals surface area contributed by atoms with Gasteiger partial charge in [-0.15, -0.1) is 0 Å². The standard InChI is InChI=1S/C24H28N2O3/c1-18-8-10-22(16-19(18)2)29-17-24(28)26-14-12-21(13-15-26)25-23(27)11-9-20-6-4-3-5-7-20/h3-11,16,21H,12-15,17H2,1-2H3,(H,25,27)/b11-9+. The van der Waals surface area contributed by atoms with Gasteiger partial charge in [0.25, 0.3) is 5.91 Å². The molecule has 2 aromatic rings. The number of rotatable bonds is 6. The highest BCUT2D eigenvalue weighted by Crippen LogP contribution is 2.17. The molecule has 5 heteroatoms. The number of likely N-dealkylation sites (tertiary alicyclic amines) is 1. The van der Waals surface area contributed by atoms with E-state index >= 15 is 0 Å². The van der Waals surface area contributed by atoms with Gasteiger partial charge in [0, 0.05) is 25.2 Å². The molecule has 1 aliphatic rings. The number of hydrogen-bond acceptors (Lipinski definition) is 3. The van der Waals surface area contributed by atoms with Gasteiger partial charge in [0.05, 0.1) is 0 Å². The van der Waals surface area contributed by atoms with E-state index in [0.717, 1.165) is 24.0 Å². The maximum Gasteiger partial charge on any atom is 0.260 e. The predicted molar refractivity (Wildman–Crippen MR) is 115 cm³/mol. The highest BCUT2D eigenvalue weighted by atomic mass is 16.5. The molecular weight excluding hydrogens is 364 g/mol. The first-order valence-electron chi connectivity index (χ1n) is 10.0. The van der Waals surface area contributed by atoms with Crippen LogP contribution in [0.1, 0.15) is 29.5 Å². The summed E-state index contributed by atoms with van der Waals surface area (Å²) in [5.41, 5.74) is 3.34. The molecule has 0 bridgehead atoms. The lowest BCUT2D eigenvalue weighted by atomic mass is 10.0. The number of piperidine rings is 1. The van der Waals surface area contributed by atoms with Crippen LogP contribution in [-0.4, -0.2) is 42.5 Å². The minimum atomic E-state index is -0.100. The van der Waals surface area contributed by atoms with Crippen LogP contribution in [0.3, 0.4) is 0 Å². The fourth-order valence-electron chi connectivity index (χ4n) is 3.30. The average Bonchev–Trinajstić information content (AvgIpc) is 2.74. The smallest absolute Gasteiger partial charge is 0.260 e. The van der Waals surface area contributed by atoms with Crippen molar-refractivity contribution in [3.63, 3.8) is 0 Å². The molecule has 0 saturated carbocycles. The summed E-state index contributed by atoms with van der Waals surface area (Å²) in [6.45, 7) is 5.37. The van der Waals surface area contributed by atoms with Gasteiger partial charge < -0.3 is 15.0 Å². The van der Waals surface area contributed by atoms with Gasteiger partial charge in [0.1, 0.15) is 5.75 Å². The van der Waals surface area contributed by atoms with Crippen molar-refractivity contribution >= 4 is 17.9 Å². The maximum absolute atomic E-state index is 12.4. The topological polar surface area (TPSA) is 58.6 Å². The zero-order valence-corrected chi connectivity index (χ0v) is 17.1. The molecule has 5 nitrogen and oxygen atoms in total. The van der Waals surface area contributed by atoms with E-state index in [1.165, 1.54) is 5.56 Å². The SMILES string of the molecule is Cc1ccc(OCC(=O)N2CCC(NC(=O)/C=C/c3ccccc3)CC2)cc1C. The number of carbonyl (C=O) groups excluding carboxylic acids is 2. The Hall–Kier alpha value is -3.08. The van der Waals surface area contributed by atoms with Crippen molar-refractivity contribution in [3.8, 4) is 5.75 Å². The fraction of sp³-hybridized carbons (Fsp3) is 0.333. The zero-order chi connectivity index (χ0) is 20.6. The molecule has 0 spiro atoms. The summed E-state index contributed by atoms with van der Waals surface area (Å²) in [6, 6.07) is 15.7. The first kappa shape index (κ1) is 20.6. The largest absolute Gasteiger partial charge is 0.484 e. The second-order valence-corrected chi connectivity index (χ2v) is 7.44. The molecule has 2 amide bonds. The summed E-state index contributed by atoms with van der Waals surface area (Å²) in [5, 5.41) is 3.02. The van der Waals surface area contributed by atoms with Crippen LogP contribution in [0, 0.1) is 13.8 Å². The molecule has 0 unspecified atom stereocenters. The van der Waals surface area contributed by atoms with Crippen molar-refractivity contribution in [1.82, 2.24) is 10.2 Å². The van der Waals surface area contributed by atoms with Gasteiger partial charge in [-0.1, -0.05) is 36.4 Å². The highest BCUT2D eigenvalue weighted by molar-refractivity contribution is 5.91. The van der Waals surface area contributed by atoms with Crippen molar-refractivity contribution in [3.05, 3.63) is 71.3 Å². The monoisotopic (exact) mass is 392 g/mol. The normalized spacial score (nSPS) is 14.8. The number of ether oxygens (including phenoxy) is 1. The fourth-order valence-corrected chi connectivity index (χ4v) is 3.30. The van der Waals surface area contributed by atoms with E-state index in [2.05, 4.69) is 5.32 Å². The third-order valence-electron chi connectivity index (χ3n) is 5.26. The minimum absolute atomic E-state index is 0.0167. The first-order valence-corrected chi connectivity index (χ1v) is 10.0. The Kier molecular flexibility index (Phi) is 7.06. The van der Waals surface area contributed by atoms with Crippen molar-refractivity contribution in [2.45, 2.75) is 32.7 Å². The number of aryl methyl sites for hydroxylation is 2. The zero-order valence-electron chi connectivity index (χ0n) is 17.1. The van der Waals surface area contributed by atoms with Crippen LogP contribution in [-0.2, 0) is 9.59 Å². The quantitative estimate of drug-likeness (QED) is 0.766. The number of nitrogens with zero attached hydrogens (tertiary/aromatic N) is 1. The van der Waals surface area contributed by atoms with Gasteiger partial charge in [-0.05, 0) is 61.6 Å². The molecule has 0 aliphatic carbocycles. The number of amides is 2. The van der Waals surface area contributed by atoms with E-state index < -0.39 is 0 Å². The molecule has 0 radical (unpaired) electrons. The molecule has 1 fully saturated rings. The number of nitrogens with one attached hydrogen (secondary N) is 1. The van der Waals surface area contributed by atoms with E-state index in [9.17, 15) is 9.59 Å². The summed E-state index contributed by atoms with van der Waals surface area (Å²) in [5.74, 6) is 0.600. The van der Waals surface area contributed by atoms with Crippen LogP contribution in [0.5, 0.6) is 5.75 Å². The Bertz CT molecular complexity index is 869. The van der Waals surface area contributed by atoms with Crippen molar-refractivity contribution in [2.75, 3.05) is 19.7 Å². The summed E-state index contributed by atoms with van der Waals surface area (Å²) >= 11 is 0. The summed E-state index contributed by atoms with van der Waals surface area (Å²) in [7, 11) is 0. The second kappa shape index (κ2) is 9.92. The van der Waals surface area contributed by atoms with Crippen molar-refractivity contribution in [2.24, 2.45) is 0 Å². The van der Waals surface area contributed by atoms with Gasteiger partial charge >= 0.3 is 0 Å². The number of hydrogen-bond donors (Lipinski definition) is 1. The average molecular weight is 392 g/mol. The lowest BCUT2D eigenvalue weighted by molar-refractivity contribution is -0.134. The van der Waals surface area contributed by atoms with Crippen LogP contribution in [0.4, 0.5) is 0 Å². The first-order chi connectivity index (χ1) is 14.0. The van der Waals surface area contributed by atoms with Gasteiger partial charge in [-0.2, -0.15) is 0 Å². The summed E-state index contributed by atoms with van der Waals surface area (Å²) in [6.07, 6.45) is 4.86. The third kappa shape index (κ3) is 6.21.